The van der Waals surface area contributed by atoms with Gasteiger partial charge >= 0.3 is 0 Å². The Morgan fingerprint density at radius 2 is 2.00 bits per heavy atom. The first-order chi connectivity index (χ1) is 9.06. The SMILES string of the molecule is COc1cc2c(c(OC)c1)N(C(C)=O)CCC(=O)C2. The number of nitrogens with zero attached hydrogens (tertiary/aromatic N) is 1. The van der Waals surface area contributed by atoms with Gasteiger partial charge in [0.15, 0.2) is 0 Å². The van der Waals surface area contributed by atoms with Gasteiger partial charge in [0.25, 0.3) is 0 Å². The number of benzene rings is 1. The molecule has 0 spiro atoms. The fourth-order valence-electron chi connectivity index (χ4n) is 2.32. The van der Waals surface area contributed by atoms with Crippen LogP contribution in [0.2, 0.25) is 0 Å². The molecule has 1 amide bonds. The van der Waals surface area contributed by atoms with Crippen LogP contribution >= 0.6 is 0 Å². The molecule has 1 heterocycles. The molecule has 5 heteroatoms. The van der Waals surface area contributed by atoms with Crippen molar-refractivity contribution in [3.63, 3.8) is 0 Å². The molecule has 19 heavy (non-hydrogen) atoms. The first-order valence-electron chi connectivity index (χ1n) is 6.11. The van der Waals surface area contributed by atoms with E-state index in [1.54, 1.807) is 31.3 Å². The maximum Gasteiger partial charge on any atom is 0.223 e. The van der Waals surface area contributed by atoms with Gasteiger partial charge in [0.2, 0.25) is 5.91 Å². The number of ketones is 1. The van der Waals surface area contributed by atoms with Gasteiger partial charge < -0.3 is 14.4 Å². The Morgan fingerprint density at radius 1 is 1.26 bits per heavy atom. The second kappa shape index (κ2) is 5.30. The van der Waals surface area contributed by atoms with Crippen LogP contribution in [-0.4, -0.2) is 32.5 Å². The van der Waals surface area contributed by atoms with E-state index in [-0.39, 0.29) is 11.7 Å². The summed E-state index contributed by atoms with van der Waals surface area (Å²) in [5.74, 6) is 1.19. The zero-order valence-electron chi connectivity index (χ0n) is 11.4. The Balaban J connectivity index is 2.62. The molecule has 0 bridgehead atoms. The summed E-state index contributed by atoms with van der Waals surface area (Å²) in [5, 5.41) is 0. The molecule has 0 saturated heterocycles. The molecule has 0 fully saturated rings. The molecular formula is C14H17NO4. The maximum absolute atomic E-state index is 11.8. The number of hydrogen-bond acceptors (Lipinski definition) is 4. The Hall–Kier alpha value is -2.04. The largest absolute Gasteiger partial charge is 0.497 e. The normalized spacial score (nSPS) is 14.7. The quantitative estimate of drug-likeness (QED) is 0.812. The zero-order chi connectivity index (χ0) is 14.0. The molecular weight excluding hydrogens is 246 g/mol. The number of carbonyl (C=O) groups excluding carboxylic acids is 2. The molecule has 0 N–H and O–H groups in total. The monoisotopic (exact) mass is 263 g/mol. The Kier molecular flexibility index (Phi) is 3.74. The van der Waals surface area contributed by atoms with Gasteiger partial charge in [0.1, 0.15) is 17.3 Å². The van der Waals surface area contributed by atoms with E-state index in [4.69, 9.17) is 9.47 Å². The second-order valence-corrected chi connectivity index (χ2v) is 4.47. The number of rotatable bonds is 2. The van der Waals surface area contributed by atoms with Gasteiger partial charge in [0.05, 0.1) is 19.9 Å². The number of amides is 1. The smallest absolute Gasteiger partial charge is 0.223 e. The van der Waals surface area contributed by atoms with Crippen LogP contribution in [-0.2, 0) is 16.0 Å². The van der Waals surface area contributed by atoms with E-state index in [0.717, 1.165) is 5.56 Å². The number of Topliss-reactive ketones (excluding diaryl/α,β-unsaturated/α-hetero) is 1. The van der Waals surface area contributed by atoms with Crippen LogP contribution in [0.1, 0.15) is 18.9 Å². The van der Waals surface area contributed by atoms with Crippen LogP contribution in [0.3, 0.4) is 0 Å². The summed E-state index contributed by atoms with van der Waals surface area (Å²) in [7, 11) is 3.10. The van der Waals surface area contributed by atoms with Gasteiger partial charge in [-0.25, -0.2) is 0 Å². The molecule has 2 rings (SSSR count). The molecule has 0 aromatic heterocycles. The summed E-state index contributed by atoms with van der Waals surface area (Å²) >= 11 is 0. The fourth-order valence-corrected chi connectivity index (χ4v) is 2.32. The predicted octanol–water partition coefficient (Wildman–Crippen LogP) is 1.57. The number of anilines is 1. The van der Waals surface area contributed by atoms with Crippen molar-refractivity contribution >= 4 is 17.4 Å². The summed E-state index contributed by atoms with van der Waals surface area (Å²) < 4.78 is 10.5. The third-order valence-electron chi connectivity index (χ3n) is 3.23. The van der Waals surface area contributed by atoms with Gasteiger partial charge in [-0.2, -0.15) is 0 Å². The first-order valence-corrected chi connectivity index (χ1v) is 6.11. The third-order valence-corrected chi connectivity index (χ3v) is 3.23. The van der Waals surface area contributed by atoms with E-state index < -0.39 is 0 Å². The molecule has 5 nitrogen and oxygen atoms in total. The summed E-state index contributed by atoms with van der Waals surface area (Å²) in [5.41, 5.74) is 1.45. The van der Waals surface area contributed by atoms with Gasteiger partial charge in [-0.3, -0.25) is 9.59 Å². The van der Waals surface area contributed by atoms with Crippen molar-refractivity contribution in [2.75, 3.05) is 25.7 Å². The lowest BCUT2D eigenvalue weighted by Crippen LogP contribution is -2.30. The van der Waals surface area contributed by atoms with Crippen molar-refractivity contribution in [1.82, 2.24) is 0 Å². The fraction of sp³-hybridized carbons (Fsp3) is 0.429. The first kappa shape index (κ1) is 13.4. The van der Waals surface area contributed by atoms with Crippen LogP contribution in [0.25, 0.3) is 0 Å². The summed E-state index contributed by atoms with van der Waals surface area (Å²) in [6.07, 6.45) is 0.659. The zero-order valence-corrected chi connectivity index (χ0v) is 11.4. The highest BCUT2D eigenvalue weighted by Crippen LogP contribution is 2.38. The highest BCUT2D eigenvalue weighted by atomic mass is 16.5. The van der Waals surface area contributed by atoms with Crippen molar-refractivity contribution in [2.45, 2.75) is 19.8 Å². The molecule has 0 unspecified atom stereocenters. The molecule has 1 aliphatic heterocycles. The minimum absolute atomic E-state index is 0.0978. The van der Waals surface area contributed by atoms with Gasteiger partial charge in [-0.05, 0) is 11.6 Å². The molecule has 1 aromatic rings. The average molecular weight is 263 g/mol. The second-order valence-electron chi connectivity index (χ2n) is 4.47. The molecule has 0 atom stereocenters. The van der Waals surface area contributed by atoms with Crippen LogP contribution in [0.15, 0.2) is 12.1 Å². The van der Waals surface area contributed by atoms with E-state index in [2.05, 4.69) is 0 Å². The molecule has 1 aliphatic rings. The van der Waals surface area contributed by atoms with Crippen LogP contribution in [0, 0.1) is 0 Å². The standard InChI is InChI=1S/C14H17NO4/c1-9(16)15-5-4-11(17)6-10-7-12(18-2)8-13(19-3)14(10)15/h7-8H,4-6H2,1-3H3. The summed E-state index contributed by atoms with van der Waals surface area (Å²) in [6, 6.07) is 3.52. The van der Waals surface area contributed by atoms with E-state index >= 15 is 0 Å². The van der Waals surface area contributed by atoms with Crippen LogP contribution in [0.4, 0.5) is 5.69 Å². The van der Waals surface area contributed by atoms with Crippen LogP contribution in [0.5, 0.6) is 11.5 Å². The van der Waals surface area contributed by atoms with Gasteiger partial charge in [-0.1, -0.05) is 0 Å². The number of carbonyl (C=O) groups is 2. The Bertz CT molecular complexity index is 524. The minimum atomic E-state index is -0.0978. The molecule has 102 valence electrons. The lowest BCUT2D eigenvalue weighted by atomic mass is 10.1. The third kappa shape index (κ3) is 2.54. The molecule has 1 aromatic carbocycles. The molecule has 0 radical (unpaired) electrons. The number of hydrogen-bond donors (Lipinski definition) is 0. The van der Waals surface area contributed by atoms with E-state index in [1.807, 2.05) is 0 Å². The Morgan fingerprint density at radius 3 is 2.58 bits per heavy atom. The predicted molar refractivity (Wildman–Crippen MR) is 70.9 cm³/mol. The minimum Gasteiger partial charge on any atom is -0.497 e. The van der Waals surface area contributed by atoms with Crippen LogP contribution < -0.4 is 14.4 Å². The lowest BCUT2D eigenvalue weighted by molar-refractivity contribution is -0.118. The molecule has 0 saturated carbocycles. The van der Waals surface area contributed by atoms with Gasteiger partial charge in [0, 0.05) is 32.4 Å². The van der Waals surface area contributed by atoms with Crippen molar-refractivity contribution < 1.29 is 19.1 Å². The van der Waals surface area contributed by atoms with Crippen molar-refractivity contribution in [3.8, 4) is 11.5 Å². The topological polar surface area (TPSA) is 55.8 Å². The molecule has 0 aliphatic carbocycles. The average Bonchev–Trinajstić information content (AvgIpc) is 2.55. The van der Waals surface area contributed by atoms with Crippen molar-refractivity contribution in [3.05, 3.63) is 17.7 Å². The van der Waals surface area contributed by atoms with Crippen molar-refractivity contribution in [1.29, 1.82) is 0 Å². The maximum atomic E-state index is 11.8. The highest BCUT2D eigenvalue weighted by Gasteiger charge is 2.26. The Labute approximate surface area is 112 Å². The number of fused-ring (bicyclic) bond motifs is 1. The number of methoxy groups -OCH3 is 2. The van der Waals surface area contributed by atoms with E-state index in [0.29, 0.717) is 36.6 Å². The lowest BCUT2D eigenvalue weighted by Gasteiger charge is -2.23. The summed E-state index contributed by atoms with van der Waals surface area (Å²) in [4.78, 5) is 25.2. The van der Waals surface area contributed by atoms with E-state index in [1.165, 1.54) is 6.92 Å². The highest BCUT2D eigenvalue weighted by molar-refractivity contribution is 5.98. The number of ether oxygens (including phenoxy) is 2. The van der Waals surface area contributed by atoms with Crippen molar-refractivity contribution in [2.24, 2.45) is 0 Å². The summed E-state index contributed by atoms with van der Waals surface area (Å²) in [6.45, 7) is 1.88. The van der Waals surface area contributed by atoms with E-state index in [9.17, 15) is 9.59 Å². The van der Waals surface area contributed by atoms with Gasteiger partial charge in [-0.15, -0.1) is 0 Å².